The first-order valence-electron chi connectivity index (χ1n) is 4.32. The summed E-state index contributed by atoms with van der Waals surface area (Å²) in [4.78, 5) is 11.2. The minimum Gasteiger partial charge on any atom is -0.465 e. The Morgan fingerprint density at radius 1 is 1.44 bits per heavy atom. The Hall–Kier alpha value is -1.89. The second-order valence-corrected chi connectivity index (χ2v) is 4.66. The van der Waals surface area contributed by atoms with Crippen molar-refractivity contribution in [3.63, 3.8) is 0 Å². The molecule has 84 valence electrons. The molecule has 0 unspecified atom stereocenters. The highest BCUT2D eigenvalue weighted by atomic mass is 32.2. The monoisotopic (exact) mass is 240 g/mol. The number of carbonyl (C=O) groups is 1. The molecule has 0 spiro atoms. The van der Waals surface area contributed by atoms with Crippen LogP contribution in [0.1, 0.15) is 10.4 Å². The van der Waals surface area contributed by atoms with Gasteiger partial charge in [-0.25, -0.2) is 4.79 Å². The standard InChI is InChI=1S/C9H8N2O4S/c1-15-9(12)6-2-3-7-8(4-6)16(13,14)11-5-10-7/h2-5H,1H3,(H,10,11). The Kier molecular flexibility index (Phi) is 2.39. The van der Waals surface area contributed by atoms with Crippen LogP contribution in [0.5, 0.6) is 0 Å². The van der Waals surface area contributed by atoms with Crippen LogP contribution in [0.2, 0.25) is 0 Å². The lowest BCUT2D eigenvalue weighted by Gasteiger charge is -2.12. The second-order valence-electron chi connectivity index (χ2n) is 3.06. The molecule has 0 bridgehead atoms. The molecule has 1 N–H and O–H groups in total. The van der Waals surface area contributed by atoms with Crippen molar-refractivity contribution >= 4 is 28.0 Å². The Bertz CT molecular complexity index is 577. The average Bonchev–Trinajstić information content (AvgIpc) is 2.27. The van der Waals surface area contributed by atoms with E-state index in [0.717, 1.165) is 6.34 Å². The van der Waals surface area contributed by atoms with Gasteiger partial charge in [0.05, 0.1) is 18.4 Å². The van der Waals surface area contributed by atoms with E-state index in [-0.39, 0.29) is 10.5 Å². The first-order chi connectivity index (χ1) is 7.54. The first-order valence-corrected chi connectivity index (χ1v) is 5.76. The normalized spacial score (nSPS) is 16.1. The van der Waals surface area contributed by atoms with E-state index in [9.17, 15) is 13.2 Å². The Labute approximate surface area is 92.0 Å². The molecule has 0 fully saturated rings. The number of carbonyl (C=O) groups excluding carboxylic acids is 1. The van der Waals surface area contributed by atoms with E-state index < -0.39 is 16.0 Å². The van der Waals surface area contributed by atoms with Gasteiger partial charge >= 0.3 is 5.97 Å². The van der Waals surface area contributed by atoms with Gasteiger partial charge < -0.3 is 10.1 Å². The van der Waals surface area contributed by atoms with Crippen molar-refractivity contribution in [2.24, 2.45) is 4.40 Å². The lowest BCUT2D eigenvalue weighted by molar-refractivity contribution is 0.0600. The van der Waals surface area contributed by atoms with E-state index in [1.165, 1.54) is 25.3 Å². The van der Waals surface area contributed by atoms with Crippen LogP contribution in [0, 0.1) is 0 Å². The van der Waals surface area contributed by atoms with Crippen molar-refractivity contribution in [3.05, 3.63) is 23.8 Å². The van der Waals surface area contributed by atoms with Crippen LogP contribution in [0.15, 0.2) is 27.5 Å². The highest BCUT2D eigenvalue weighted by Crippen LogP contribution is 2.26. The predicted molar refractivity (Wildman–Crippen MR) is 57.1 cm³/mol. The third-order valence-corrected chi connectivity index (χ3v) is 3.37. The van der Waals surface area contributed by atoms with E-state index in [1.807, 2.05) is 0 Å². The van der Waals surface area contributed by atoms with E-state index in [0.29, 0.717) is 5.69 Å². The molecule has 16 heavy (non-hydrogen) atoms. The lowest BCUT2D eigenvalue weighted by Crippen LogP contribution is -2.13. The molecule has 1 aliphatic rings. The number of esters is 1. The highest BCUT2D eigenvalue weighted by molar-refractivity contribution is 7.90. The summed E-state index contributed by atoms with van der Waals surface area (Å²) in [5.74, 6) is -0.590. The van der Waals surface area contributed by atoms with Gasteiger partial charge in [0, 0.05) is 0 Å². The molecule has 0 saturated heterocycles. The van der Waals surface area contributed by atoms with Crippen LogP contribution in [0.4, 0.5) is 5.69 Å². The van der Waals surface area contributed by atoms with Crippen molar-refractivity contribution in [3.8, 4) is 0 Å². The Morgan fingerprint density at radius 2 is 2.19 bits per heavy atom. The van der Waals surface area contributed by atoms with Gasteiger partial charge in [-0.2, -0.15) is 8.42 Å². The number of ether oxygens (including phenoxy) is 1. The second kappa shape index (κ2) is 3.60. The van der Waals surface area contributed by atoms with Crippen LogP contribution in [0.3, 0.4) is 0 Å². The highest BCUT2D eigenvalue weighted by Gasteiger charge is 2.22. The van der Waals surface area contributed by atoms with E-state index in [2.05, 4.69) is 14.5 Å². The smallest absolute Gasteiger partial charge is 0.337 e. The number of nitrogens with one attached hydrogen (secondary N) is 1. The van der Waals surface area contributed by atoms with Crippen LogP contribution in [-0.4, -0.2) is 27.8 Å². The molecule has 1 aliphatic heterocycles. The molecule has 0 atom stereocenters. The summed E-state index contributed by atoms with van der Waals surface area (Å²) in [6.45, 7) is 0. The molecule has 0 aliphatic carbocycles. The molecular formula is C9H8N2O4S. The summed E-state index contributed by atoms with van der Waals surface area (Å²) in [6, 6.07) is 4.21. The van der Waals surface area contributed by atoms with Gasteiger partial charge in [-0.05, 0) is 18.2 Å². The maximum Gasteiger partial charge on any atom is 0.337 e. The number of anilines is 1. The molecule has 7 heteroatoms. The van der Waals surface area contributed by atoms with Crippen molar-refractivity contribution in [2.45, 2.75) is 4.90 Å². The quantitative estimate of drug-likeness (QED) is 0.727. The SMILES string of the molecule is COC(=O)c1ccc2c(c1)S(=O)(=O)N=CN2. The summed E-state index contributed by atoms with van der Waals surface area (Å²) < 4.78 is 30.9. The molecule has 0 amide bonds. The zero-order valence-corrected chi connectivity index (χ0v) is 9.11. The van der Waals surface area contributed by atoms with Crippen molar-refractivity contribution in [1.82, 2.24) is 0 Å². The number of rotatable bonds is 1. The summed E-state index contributed by atoms with van der Waals surface area (Å²) in [5.41, 5.74) is 0.561. The zero-order valence-electron chi connectivity index (χ0n) is 8.30. The van der Waals surface area contributed by atoms with E-state index in [1.54, 1.807) is 0 Å². The molecule has 0 aromatic heterocycles. The number of methoxy groups -OCH3 is 1. The molecule has 0 radical (unpaired) electrons. The van der Waals surface area contributed by atoms with Gasteiger partial charge in [0.1, 0.15) is 11.2 Å². The summed E-state index contributed by atoms with van der Waals surface area (Å²) in [6.07, 6.45) is 1.09. The lowest BCUT2D eigenvalue weighted by atomic mass is 10.2. The van der Waals surface area contributed by atoms with Gasteiger partial charge in [0.2, 0.25) is 0 Å². The van der Waals surface area contributed by atoms with Gasteiger partial charge in [-0.1, -0.05) is 0 Å². The summed E-state index contributed by atoms with van der Waals surface area (Å²) in [5, 5.41) is 2.68. The van der Waals surface area contributed by atoms with Gasteiger partial charge in [0.15, 0.2) is 0 Å². The minimum atomic E-state index is -3.71. The van der Waals surface area contributed by atoms with E-state index >= 15 is 0 Å². The van der Waals surface area contributed by atoms with E-state index in [4.69, 9.17) is 0 Å². The number of sulfonamides is 1. The van der Waals surface area contributed by atoms with Crippen molar-refractivity contribution in [1.29, 1.82) is 0 Å². The van der Waals surface area contributed by atoms with Gasteiger partial charge in [-0.15, -0.1) is 4.40 Å². The third kappa shape index (κ3) is 1.65. The summed E-state index contributed by atoms with van der Waals surface area (Å²) in [7, 11) is -2.48. The zero-order chi connectivity index (χ0) is 11.8. The van der Waals surface area contributed by atoms with Crippen LogP contribution in [0.25, 0.3) is 0 Å². The Balaban J connectivity index is 2.59. The van der Waals surface area contributed by atoms with Crippen molar-refractivity contribution < 1.29 is 17.9 Å². The van der Waals surface area contributed by atoms with Crippen molar-refractivity contribution in [2.75, 3.05) is 12.4 Å². The average molecular weight is 240 g/mol. The molecule has 1 aromatic rings. The van der Waals surface area contributed by atoms with Crippen LogP contribution < -0.4 is 5.32 Å². The number of nitrogens with zero attached hydrogens (tertiary/aromatic N) is 1. The topological polar surface area (TPSA) is 84.8 Å². The maximum absolute atomic E-state index is 11.5. The molecular weight excluding hydrogens is 232 g/mol. The number of fused-ring (bicyclic) bond motifs is 1. The third-order valence-electron chi connectivity index (χ3n) is 2.09. The molecule has 1 aromatic carbocycles. The fourth-order valence-electron chi connectivity index (χ4n) is 1.32. The number of benzene rings is 1. The summed E-state index contributed by atoms with van der Waals surface area (Å²) >= 11 is 0. The van der Waals surface area contributed by atoms with Gasteiger partial charge in [0.25, 0.3) is 10.0 Å². The van der Waals surface area contributed by atoms with Crippen LogP contribution >= 0.6 is 0 Å². The fraction of sp³-hybridized carbons (Fsp3) is 0.111. The minimum absolute atomic E-state index is 0.0297. The molecule has 1 heterocycles. The van der Waals surface area contributed by atoms with Crippen LogP contribution in [-0.2, 0) is 14.8 Å². The maximum atomic E-state index is 11.5. The Morgan fingerprint density at radius 3 is 2.88 bits per heavy atom. The molecule has 0 saturated carbocycles. The molecule has 6 nitrogen and oxygen atoms in total. The first kappa shape index (κ1) is 10.6. The van der Waals surface area contributed by atoms with Gasteiger partial charge in [-0.3, -0.25) is 0 Å². The molecule has 2 rings (SSSR count). The largest absolute Gasteiger partial charge is 0.465 e. The number of hydrogen-bond donors (Lipinski definition) is 1. The fourth-order valence-corrected chi connectivity index (χ4v) is 2.31. The number of hydrogen-bond acceptors (Lipinski definition) is 5. The predicted octanol–water partition coefficient (Wildman–Crippen LogP) is 0.616.